The van der Waals surface area contributed by atoms with Gasteiger partial charge in [-0.3, -0.25) is 4.79 Å². The van der Waals surface area contributed by atoms with Gasteiger partial charge in [0.1, 0.15) is 17.9 Å². The minimum Gasteiger partial charge on any atom is -0.488 e. The van der Waals surface area contributed by atoms with Crippen molar-refractivity contribution in [1.82, 2.24) is 19.9 Å². The standard InChI is InChI=1S/C24H18N4O4/c1-31-24(30)22-18(14-2-4-15(5-3-14)19-9-25-12-27-19)11-32-21-7-6-16(8-17(21)23(22)29)20-10-26-13-28-20/h2-10,12-13H,11H2,1H3,(H,25,27)(H,26,28). The summed E-state index contributed by atoms with van der Waals surface area (Å²) in [4.78, 5) is 40.3. The van der Waals surface area contributed by atoms with Crippen LogP contribution >= 0.6 is 0 Å². The molecule has 0 saturated carbocycles. The number of methoxy groups -OCH3 is 1. The Morgan fingerprint density at radius 2 is 1.56 bits per heavy atom. The van der Waals surface area contributed by atoms with Crippen molar-refractivity contribution in [2.45, 2.75) is 0 Å². The highest BCUT2D eigenvalue weighted by atomic mass is 16.5. The molecule has 8 heteroatoms. The molecule has 1 aliphatic heterocycles. The van der Waals surface area contributed by atoms with Crippen molar-refractivity contribution in [3.8, 4) is 28.3 Å². The zero-order valence-electron chi connectivity index (χ0n) is 17.1. The minimum absolute atomic E-state index is 0.0395. The molecule has 1 aliphatic rings. The van der Waals surface area contributed by atoms with Crippen LogP contribution in [0.1, 0.15) is 15.9 Å². The monoisotopic (exact) mass is 426 g/mol. The van der Waals surface area contributed by atoms with Crippen LogP contribution in [0.25, 0.3) is 28.1 Å². The Morgan fingerprint density at radius 1 is 0.938 bits per heavy atom. The van der Waals surface area contributed by atoms with E-state index >= 15 is 0 Å². The summed E-state index contributed by atoms with van der Waals surface area (Å²) in [5, 5.41) is 0. The van der Waals surface area contributed by atoms with Crippen molar-refractivity contribution in [3.63, 3.8) is 0 Å². The van der Waals surface area contributed by atoms with E-state index < -0.39 is 11.8 Å². The molecular weight excluding hydrogens is 408 g/mol. The fourth-order valence-electron chi connectivity index (χ4n) is 3.72. The molecule has 0 saturated heterocycles. The number of imidazole rings is 2. The van der Waals surface area contributed by atoms with E-state index in [0.29, 0.717) is 22.4 Å². The van der Waals surface area contributed by atoms with Gasteiger partial charge >= 0.3 is 5.97 Å². The van der Waals surface area contributed by atoms with Crippen LogP contribution in [-0.2, 0) is 9.53 Å². The molecule has 0 fully saturated rings. The van der Waals surface area contributed by atoms with Gasteiger partial charge in [0.2, 0.25) is 5.78 Å². The molecule has 0 bridgehead atoms. The zero-order chi connectivity index (χ0) is 22.1. The molecule has 158 valence electrons. The van der Waals surface area contributed by atoms with Crippen LogP contribution in [0.2, 0.25) is 0 Å². The first-order valence-corrected chi connectivity index (χ1v) is 9.86. The number of ether oxygens (including phenoxy) is 2. The number of hydrogen-bond donors (Lipinski definition) is 2. The third-order valence-corrected chi connectivity index (χ3v) is 5.37. The maximum Gasteiger partial charge on any atom is 0.342 e. The molecule has 32 heavy (non-hydrogen) atoms. The molecular formula is C24H18N4O4. The molecule has 2 aromatic heterocycles. The minimum atomic E-state index is -0.703. The van der Waals surface area contributed by atoms with E-state index in [9.17, 15) is 9.59 Å². The van der Waals surface area contributed by atoms with Gasteiger partial charge in [-0.1, -0.05) is 24.3 Å². The van der Waals surface area contributed by atoms with Crippen molar-refractivity contribution < 1.29 is 19.1 Å². The number of benzene rings is 2. The second-order valence-electron chi connectivity index (χ2n) is 7.18. The van der Waals surface area contributed by atoms with E-state index in [-0.39, 0.29) is 12.2 Å². The topological polar surface area (TPSA) is 110 Å². The SMILES string of the molecule is COC(=O)C1=C(c2ccc(-c3cnc[nH]3)cc2)COc2ccc(-c3cnc[nH]3)cc2C1=O. The van der Waals surface area contributed by atoms with Gasteiger partial charge in [0, 0.05) is 11.1 Å². The van der Waals surface area contributed by atoms with Crippen LogP contribution < -0.4 is 4.74 Å². The Labute approximate surface area is 183 Å². The summed E-state index contributed by atoms with van der Waals surface area (Å²) >= 11 is 0. The first kappa shape index (κ1) is 19.5. The van der Waals surface area contributed by atoms with Crippen LogP contribution in [0.5, 0.6) is 5.75 Å². The predicted molar refractivity (Wildman–Crippen MR) is 117 cm³/mol. The van der Waals surface area contributed by atoms with Crippen LogP contribution in [0.15, 0.2) is 73.1 Å². The second-order valence-corrected chi connectivity index (χ2v) is 7.18. The summed E-state index contributed by atoms with van der Waals surface area (Å²) < 4.78 is 10.9. The second kappa shape index (κ2) is 7.99. The van der Waals surface area contributed by atoms with Gasteiger partial charge in [-0.25, -0.2) is 14.8 Å². The Bertz CT molecular complexity index is 1320. The van der Waals surface area contributed by atoms with Gasteiger partial charge in [-0.2, -0.15) is 0 Å². The molecule has 0 unspecified atom stereocenters. The molecule has 2 N–H and O–H groups in total. The molecule has 8 nitrogen and oxygen atoms in total. The molecule has 2 aromatic carbocycles. The van der Waals surface area contributed by atoms with Gasteiger partial charge in [0.05, 0.1) is 49.1 Å². The lowest BCUT2D eigenvalue weighted by atomic mass is 9.93. The van der Waals surface area contributed by atoms with Gasteiger partial charge in [0.15, 0.2) is 0 Å². The van der Waals surface area contributed by atoms with Crippen molar-refractivity contribution in [2.24, 2.45) is 0 Å². The number of carbonyl (C=O) groups is 2. The van der Waals surface area contributed by atoms with Gasteiger partial charge in [-0.05, 0) is 29.3 Å². The third kappa shape index (κ3) is 3.37. The quantitative estimate of drug-likeness (QED) is 0.381. The van der Waals surface area contributed by atoms with E-state index in [0.717, 1.165) is 22.5 Å². The van der Waals surface area contributed by atoms with E-state index in [1.165, 1.54) is 7.11 Å². The number of esters is 1. The Balaban J connectivity index is 1.60. The van der Waals surface area contributed by atoms with Crippen molar-refractivity contribution >= 4 is 17.3 Å². The van der Waals surface area contributed by atoms with E-state index in [1.807, 2.05) is 30.3 Å². The molecule has 3 heterocycles. The summed E-state index contributed by atoms with van der Waals surface area (Å²) in [5.74, 6) is -0.742. The highest BCUT2D eigenvalue weighted by Gasteiger charge is 2.31. The van der Waals surface area contributed by atoms with Crippen molar-refractivity contribution in [3.05, 3.63) is 84.2 Å². The number of rotatable bonds is 4. The number of aromatic nitrogens is 4. The lowest BCUT2D eigenvalue weighted by Crippen LogP contribution is -2.17. The fourth-order valence-corrected chi connectivity index (χ4v) is 3.72. The summed E-state index contributed by atoms with van der Waals surface area (Å²) in [5.41, 5.74) is 4.73. The highest BCUT2D eigenvalue weighted by Crippen LogP contribution is 2.34. The number of hydrogen-bond acceptors (Lipinski definition) is 6. The number of carbonyl (C=O) groups excluding carboxylic acids is 2. The van der Waals surface area contributed by atoms with Gasteiger partial charge < -0.3 is 19.4 Å². The number of ketones is 1. The normalized spacial score (nSPS) is 13.3. The average molecular weight is 426 g/mol. The fraction of sp³-hybridized carbons (Fsp3) is 0.0833. The Kier molecular flexibility index (Phi) is 4.87. The average Bonchev–Trinajstić information content (AvgIpc) is 3.54. The van der Waals surface area contributed by atoms with E-state index in [2.05, 4.69) is 19.9 Å². The van der Waals surface area contributed by atoms with Crippen LogP contribution in [0, 0.1) is 0 Å². The maximum absolute atomic E-state index is 13.5. The first-order valence-electron chi connectivity index (χ1n) is 9.86. The first-order chi connectivity index (χ1) is 15.7. The summed E-state index contributed by atoms with van der Waals surface area (Å²) in [6.45, 7) is 0.0516. The largest absolute Gasteiger partial charge is 0.488 e. The Hall–Kier alpha value is -4.46. The number of Topliss-reactive ketones (excluding diaryl/α,β-unsaturated/α-hetero) is 1. The smallest absolute Gasteiger partial charge is 0.342 e. The summed E-state index contributed by atoms with van der Waals surface area (Å²) in [7, 11) is 1.26. The number of H-pyrrole nitrogens is 2. The van der Waals surface area contributed by atoms with E-state index in [1.54, 1.807) is 37.2 Å². The summed E-state index contributed by atoms with van der Waals surface area (Å²) in [6, 6.07) is 12.7. The zero-order valence-corrected chi connectivity index (χ0v) is 17.1. The van der Waals surface area contributed by atoms with Crippen LogP contribution in [-0.4, -0.2) is 45.4 Å². The third-order valence-electron chi connectivity index (χ3n) is 5.37. The highest BCUT2D eigenvalue weighted by molar-refractivity contribution is 6.29. The number of nitrogens with zero attached hydrogens (tertiary/aromatic N) is 2. The van der Waals surface area contributed by atoms with Crippen LogP contribution in [0.3, 0.4) is 0 Å². The van der Waals surface area contributed by atoms with Crippen molar-refractivity contribution in [2.75, 3.05) is 13.7 Å². The van der Waals surface area contributed by atoms with E-state index in [4.69, 9.17) is 9.47 Å². The number of fused-ring (bicyclic) bond motifs is 1. The summed E-state index contributed by atoms with van der Waals surface area (Å²) in [6.07, 6.45) is 6.55. The molecule has 0 aliphatic carbocycles. The molecule has 4 aromatic rings. The molecule has 0 radical (unpaired) electrons. The lowest BCUT2D eigenvalue weighted by molar-refractivity contribution is -0.135. The molecule has 0 amide bonds. The van der Waals surface area contributed by atoms with Crippen molar-refractivity contribution in [1.29, 1.82) is 0 Å². The predicted octanol–water partition coefficient (Wildman–Crippen LogP) is 3.67. The molecule has 0 spiro atoms. The van der Waals surface area contributed by atoms with Gasteiger partial charge in [0.25, 0.3) is 0 Å². The number of aromatic amines is 2. The molecule has 5 rings (SSSR count). The molecule has 0 atom stereocenters. The lowest BCUT2D eigenvalue weighted by Gasteiger charge is -2.11. The van der Waals surface area contributed by atoms with Gasteiger partial charge in [-0.15, -0.1) is 0 Å². The Morgan fingerprint density at radius 3 is 2.19 bits per heavy atom. The maximum atomic E-state index is 13.5. The van der Waals surface area contributed by atoms with Crippen LogP contribution in [0.4, 0.5) is 0 Å². The number of nitrogens with one attached hydrogen (secondary N) is 2.